The zero-order chi connectivity index (χ0) is 14.4. The molecular weight excluding hydrogens is 248 g/mol. The number of nitrogens with zero attached hydrogens (tertiary/aromatic N) is 2. The molecule has 0 atom stereocenters. The van der Waals surface area contributed by atoms with Crippen molar-refractivity contribution >= 4 is 11.5 Å². The van der Waals surface area contributed by atoms with E-state index in [2.05, 4.69) is 4.90 Å². The monoisotopic (exact) mass is 274 g/mol. The highest BCUT2D eigenvalue weighted by molar-refractivity contribution is 5.96. The molecule has 0 amide bonds. The Hall–Kier alpha value is -1.35. The Labute approximate surface area is 122 Å². The highest BCUT2D eigenvalue weighted by atomic mass is 16.1. The van der Waals surface area contributed by atoms with E-state index in [-0.39, 0.29) is 5.78 Å². The van der Waals surface area contributed by atoms with Crippen LogP contribution < -0.4 is 4.90 Å². The van der Waals surface area contributed by atoms with E-state index < -0.39 is 0 Å². The van der Waals surface area contributed by atoms with Crippen LogP contribution in [0, 0.1) is 0 Å². The van der Waals surface area contributed by atoms with Gasteiger partial charge in [-0.2, -0.15) is 0 Å². The predicted molar refractivity (Wildman–Crippen MR) is 84.6 cm³/mol. The van der Waals surface area contributed by atoms with Crippen LogP contribution in [0.1, 0.15) is 42.5 Å². The Balaban J connectivity index is 1.84. The summed E-state index contributed by atoms with van der Waals surface area (Å²) in [6.07, 6.45) is 5.89. The molecule has 110 valence electrons. The van der Waals surface area contributed by atoms with Crippen molar-refractivity contribution in [2.75, 3.05) is 38.6 Å². The smallest absolute Gasteiger partial charge is 0.164 e. The summed E-state index contributed by atoms with van der Waals surface area (Å²) in [6.45, 7) is 3.23. The van der Waals surface area contributed by atoms with Crippen LogP contribution in [0.4, 0.5) is 5.69 Å². The summed E-state index contributed by atoms with van der Waals surface area (Å²) < 4.78 is 0. The lowest BCUT2D eigenvalue weighted by atomic mass is 10.1. The van der Waals surface area contributed by atoms with E-state index in [1.54, 1.807) is 0 Å². The number of hydrogen-bond donors (Lipinski definition) is 0. The first kappa shape index (κ1) is 15.0. The Kier molecular flexibility index (Phi) is 5.60. The minimum absolute atomic E-state index is 0.263. The van der Waals surface area contributed by atoms with Gasteiger partial charge in [0.25, 0.3) is 0 Å². The van der Waals surface area contributed by atoms with E-state index in [4.69, 9.17) is 0 Å². The summed E-state index contributed by atoms with van der Waals surface area (Å²) in [5, 5.41) is 0. The number of hydrogen-bond acceptors (Lipinski definition) is 3. The van der Waals surface area contributed by atoms with Crippen molar-refractivity contribution in [3.8, 4) is 0 Å². The Morgan fingerprint density at radius 1 is 1.05 bits per heavy atom. The number of carbonyl (C=O) groups is 1. The third-order valence-corrected chi connectivity index (χ3v) is 4.06. The second-order valence-corrected chi connectivity index (χ2v) is 5.87. The lowest BCUT2D eigenvalue weighted by Gasteiger charge is -2.19. The standard InChI is InChI=1S/C17H26N2O/c1-18(2)16-9-7-15(8-10-16)17(20)11-14-19-12-5-3-4-6-13-19/h7-10H,3-6,11-14H2,1-2H3. The minimum Gasteiger partial charge on any atom is -0.378 e. The fraction of sp³-hybridized carbons (Fsp3) is 0.588. The zero-order valence-electron chi connectivity index (χ0n) is 12.8. The predicted octanol–water partition coefficient (Wildman–Crippen LogP) is 3.20. The molecule has 0 bridgehead atoms. The van der Waals surface area contributed by atoms with Crippen molar-refractivity contribution in [2.45, 2.75) is 32.1 Å². The minimum atomic E-state index is 0.263. The van der Waals surface area contributed by atoms with Crippen molar-refractivity contribution in [1.82, 2.24) is 4.90 Å². The summed E-state index contributed by atoms with van der Waals surface area (Å²) in [5.74, 6) is 0.263. The Morgan fingerprint density at radius 2 is 1.65 bits per heavy atom. The van der Waals surface area contributed by atoms with E-state index in [1.165, 1.54) is 25.7 Å². The maximum atomic E-state index is 12.2. The van der Waals surface area contributed by atoms with Gasteiger partial charge >= 0.3 is 0 Å². The van der Waals surface area contributed by atoms with Gasteiger partial charge in [0.1, 0.15) is 0 Å². The van der Waals surface area contributed by atoms with Crippen LogP contribution in [0.25, 0.3) is 0 Å². The number of Topliss-reactive ketones (excluding diaryl/α,β-unsaturated/α-hetero) is 1. The molecule has 0 spiro atoms. The van der Waals surface area contributed by atoms with Crippen LogP contribution in [-0.4, -0.2) is 44.4 Å². The molecule has 0 aromatic heterocycles. The second kappa shape index (κ2) is 7.44. The SMILES string of the molecule is CN(C)c1ccc(C(=O)CCN2CCCCCC2)cc1. The molecule has 3 heteroatoms. The van der Waals surface area contributed by atoms with Gasteiger partial charge in [-0.1, -0.05) is 12.8 Å². The van der Waals surface area contributed by atoms with Crippen molar-refractivity contribution in [2.24, 2.45) is 0 Å². The van der Waals surface area contributed by atoms with Gasteiger partial charge in [0.15, 0.2) is 5.78 Å². The highest BCUT2D eigenvalue weighted by Gasteiger charge is 2.12. The lowest BCUT2D eigenvalue weighted by Crippen LogP contribution is -2.27. The highest BCUT2D eigenvalue weighted by Crippen LogP contribution is 2.14. The molecule has 1 aliphatic rings. The molecule has 20 heavy (non-hydrogen) atoms. The van der Waals surface area contributed by atoms with Crippen LogP contribution in [0.15, 0.2) is 24.3 Å². The van der Waals surface area contributed by atoms with Crippen LogP contribution in [0.5, 0.6) is 0 Å². The lowest BCUT2D eigenvalue weighted by molar-refractivity contribution is 0.0965. The zero-order valence-corrected chi connectivity index (χ0v) is 12.8. The second-order valence-electron chi connectivity index (χ2n) is 5.87. The normalized spacial score (nSPS) is 16.7. The molecule has 0 unspecified atom stereocenters. The van der Waals surface area contributed by atoms with Crippen LogP contribution in [0.2, 0.25) is 0 Å². The fourth-order valence-corrected chi connectivity index (χ4v) is 2.71. The maximum Gasteiger partial charge on any atom is 0.164 e. The molecule has 1 aliphatic heterocycles. The molecule has 0 saturated carbocycles. The van der Waals surface area contributed by atoms with E-state index >= 15 is 0 Å². The number of likely N-dealkylation sites (tertiary alicyclic amines) is 1. The number of rotatable bonds is 5. The first-order valence-electron chi connectivity index (χ1n) is 7.70. The molecular formula is C17H26N2O. The third-order valence-electron chi connectivity index (χ3n) is 4.06. The number of carbonyl (C=O) groups excluding carboxylic acids is 1. The van der Waals surface area contributed by atoms with E-state index in [9.17, 15) is 4.79 Å². The first-order valence-corrected chi connectivity index (χ1v) is 7.70. The summed E-state index contributed by atoms with van der Waals surface area (Å²) in [7, 11) is 4.02. The van der Waals surface area contributed by atoms with Crippen LogP contribution in [0.3, 0.4) is 0 Å². The van der Waals surface area contributed by atoms with Gasteiger partial charge in [-0.15, -0.1) is 0 Å². The Morgan fingerprint density at radius 3 is 2.20 bits per heavy atom. The summed E-state index contributed by atoms with van der Waals surface area (Å²) in [5.41, 5.74) is 1.97. The van der Waals surface area contributed by atoms with Gasteiger partial charge in [0, 0.05) is 38.3 Å². The van der Waals surface area contributed by atoms with Gasteiger partial charge in [-0.05, 0) is 50.2 Å². The topological polar surface area (TPSA) is 23.6 Å². The third kappa shape index (κ3) is 4.34. The molecule has 0 N–H and O–H groups in total. The number of anilines is 1. The van der Waals surface area contributed by atoms with Gasteiger partial charge in [-0.3, -0.25) is 4.79 Å². The van der Waals surface area contributed by atoms with E-state index in [0.717, 1.165) is 30.9 Å². The van der Waals surface area contributed by atoms with Gasteiger partial charge < -0.3 is 9.80 Å². The summed E-state index contributed by atoms with van der Waals surface area (Å²) >= 11 is 0. The quantitative estimate of drug-likeness (QED) is 0.770. The average Bonchev–Trinajstić information content (AvgIpc) is 2.73. The van der Waals surface area contributed by atoms with Gasteiger partial charge in [0.05, 0.1) is 0 Å². The molecule has 1 fully saturated rings. The molecule has 1 heterocycles. The summed E-state index contributed by atoms with van der Waals surface area (Å²) in [6, 6.07) is 7.92. The van der Waals surface area contributed by atoms with Crippen LogP contribution in [-0.2, 0) is 0 Å². The van der Waals surface area contributed by atoms with Crippen molar-refractivity contribution in [3.05, 3.63) is 29.8 Å². The fourth-order valence-electron chi connectivity index (χ4n) is 2.71. The molecule has 1 aromatic rings. The molecule has 3 nitrogen and oxygen atoms in total. The van der Waals surface area contributed by atoms with Crippen molar-refractivity contribution in [1.29, 1.82) is 0 Å². The van der Waals surface area contributed by atoms with Crippen molar-refractivity contribution in [3.63, 3.8) is 0 Å². The number of benzene rings is 1. The van der Waals surface area contributed by atoms with Gasteiger partial charge in [-0.25, -0.2) is 0 Å². The van der Waals surface area contributed by atoms with E-state index in [1.807, 2.05) is 43.3 Å². The largest absolute Gasteiger partial charge is 0.378 e. The maximum absolute atomic E-state index is 12.2. The molecule has 0 radical (unpaired) electrons. The molecule has 1 aromatic carbocycles. The van der Waals surface area contributed by atoms with Crippen LogP contribution >= 0.6 is 0 Å². The van der Waals surface area contributed by atoms with Crippen molar-refractivity contribution < 1.29 is 4.79 Å². The molecule has 2 rings (SSSR count). The summed E-state index contributed by atoms with van der Waals surface area (Å²) in [4.78, 5) is 16.7. The first-order chi connectivity index (χ1) is 9.66. The van der Waals surface area contributed by atoms with Gasteiger partial charge in [0.2, 0.25) is 0 Å². The Bertz CT molecular complexity index is 417. The number of ketones is 1. The molecule has 1 saturated heterocycles. The average molecular weight is 274 g/mol. The molecule has 0 aliphatic carbocycles. The van der Waals surface area contributed by atoms with E-state index in [0.29, 0.717) is 6.42 Å².